The third kappa shape index (κ3) is 4.48. The summed E-state index contributed by atoms with van der Waals surface area (Å²) in [6.45, 7) is 4.58. The third-order valence-corrected chi connectivity index (χ3v) is 5.70. The lowest BCUT2D eigenvalue weighted by Gasteiger charge is -2.36. The number of piperazine rings is 1. The van der Waals surface area contributed by atoms with Crippen LogP contribution in [0.5, 0.6) is 0 Å². The molecule has 0 atom stereocenters. The van der Waals surface area contributed by atoms with Gasteiger partial charge in [0, 0.05) is 49.6 Å². The van der Waals surface area contributed by atoms with Gasteiger partial charge in [0.1, 0.15) is 6.54 Å². The van der Waals surface area contributed by atoms with Gasteiger partial charge in [0.2, 0.25) is 5.91 Å². The first-order valence-electron chi connectivity index (χ1n) is 9.92. The molecule has 1 aromatic heterocycles. The van der Waals surface area contributed by atoms with Crippen molar-refractivity contribution in [3.8, 4) is 11.4 Å². The molecular weight excluding hydrogens is 416 g/mol. The molecule has 2 heterocycles. The van der Waals surface area contributed by atoms with Gasteiger partial charge in [-0.3, -0.25) is 24.6 Å². The maximum Gasteiger partial charge on any atom is 0.269 e. The van der Waals surface area contributed by atoms with Gasteiger partial charge < -0.3 is 9.80 Å². The lowest BCUT2D eigenvalue weighted by molar-refractivity contribution is -0.384. The number of hydrogen-bond donors (Lipinski definition) is 1. The fraction of sp³-hybridized carbons (Fsp3) is 0.286. The molecule has 4 rings (SSSR count). The maximum atomic E-state index is 13.0. The minimum atomic E-state index is -0.410. The van der Waals surface area contributed by atoms with Gasteiger partial charge in [-0.15, -0.1) is 0 Å². The molecule has 1 fully saturated rings. The molecule has 0 saturated carbocycles. The second kappa shape index (κ2) is 8.68. The summed E-state index contributed by atoms with van der Waals surface area (Å²) in [4.78, 5) is 27.3. The zero-order valence-corrected chi connectivity index (χ0v) is 17.8. The number of aromatic amines is 1. The Morgan fingerprint density at radius 1 is 1.16 bits per heavy atom. The largest absolute Gasteiger partial charge is 0.368 e. The highest BCUT2D eigenvalue weighted by Gasteiger charge is 2.23. The monoisotopic (exact) mass is 438 g/mol. The van der Waals surface area contributed by atoms with Crippen LogP contribution < -0.4 is 4.90 Å². The number of hydrogen-bond acceptors (Lipinski definition) is 6. The van der Waals surface area contributed by atoms with Crippen LogP contribution in [0.2, 0.25) is 0 Å². The molecule has 1 amide bonds. The van der Waals surface area contributed by atoms with Gasteiger partial charge in [0.15, 0.2) is 10.6 Å². The fourth-order valence-corrected chi connectivity index (χ4v) is 3.90. The predicted octanol–water partition coefficient (Wildman–Crippen LogP) is 3.17. The Bertz CT molecular complexity index is 1160. The van der Waals surface area contributed by atoms with E-state index in [0.717, 1.165) is 16.8 Å². The van der Waals surface area contributed by atoms with E-state index >= 15 is 0 Å². The Morgan fingerprint density at radius 2 is 1.87 bits per heavy atom. The lowest BCUT2D eigenvalue weighted by atomic mass is 10.1. The smallest absolute Gasteiger partial charge is 0.269 e. The number of amides is 1. The van der Waals surface area contributed by atoms with Gasteiger partial charge >= 0.3 is 0 Å². The molecule has 1 saturated heterocycles. The number of H-pyrrole nitrogens is 1. The molecular formula is C21H22N6O3S. The van der Waals surface area contributed by atoms with Gasteiger partial charge in [0.05, 0.1) is 4.92 Å². The number of nitrogens with zero attached hydrogens (tertiary/aromatic N) is 5. The molecule has 0 spiro atoms. The summed E-state index contributed by atoms with van der Waals surface area (Å²) in [5.74, 6) is 0.626. The first kappa shape index (κ1) is 20.7. The zero-order chi connectivity index (χ0) is 22.0. The van der Waals surface area contributed by atoms with Crippen LogP contribution in [0.1, 0.15) is 5.56 Å². The average molecular weight is 439 g/mol. The van der Waals surface area contributed by atoms with Crippen molar-refractivity contribution >= 4 is 29.5 Å². The summed E-state index contributed by atoms with van der Waals surface area (Å²) in [7, 11) is 0. The molecule has 0 aliphatic carbocycles. The number of rotatable bonds is 5. The van der Waals surface area contributed by atoms with Crippen LogP contribution in [-0.2, 0) is 11.3 Å². The number of anilines is 1. The minimum absolute atomic E-state index is 0.0187. The van der Waals surface area contributed by atoms with E-state index in [1.807, 2.05) is 36.1 Å². The van der Waals surface area contributed by atoms with Crippen molar-refractivity contribution < 1.29 is 9.72 Å². The van der Waals surface area contributed by atoms with E-state index in [4.69, 9.17) is 12.2 Å². The van der Waals surface area contributed by atoms with Crippen LogP contribution >= 0.6 is 12.2 Å². The SMILES string of the molecule is Cc1cccc(-c2n[nH]c(=S)n2CC(=O)N2CCN(c3ccc([N+](=O)[O-])cc3)CC2)c1. The second-order valence-electron chi connectivity index (χ2n) is 7.45. The summed E-state index contributed by atoms with van der Waals surface area (Å²) in [6, 6.07) is 14.4. The standard InChI is InChI=1S/C21H22N6O3S/c1-15-3-2-4-16(13-15)20-22-23-21(31)26(20)14-19(28)25-11-9-24(10-12-25)17-5-7-18(8-6-17)27(29)30/h2-8,13H,9-12,14H2,1H3,(H,23,31). The number of aromatic nitrogens is 3. The number of benzene rings is 2. The summed E-state index contributed by atoms with van der Waals surface area (Å²) in [5, 5.41) is 17.9. The Morgan fingerprint density at radius 3 is 2.52 bits per heavy atom. The van der Waals surface area contributed by atoms with Gasteiger partial charge in [-0.25, -0.2) is 0 Å². The quantitative estimate of drug-likeness (QED) is 0.373. The molecule has 0 unspecified atom stereocenters. The molecule has 1 aliphatic heterocycles. The third-order valence-electron chi connectivity index (χ3n) is 5.39. The van der Waals surface area contributed by atoms with E-state index < -0.39 is 4.92 Å². The molecule has 0 bridgehead atoms. The summed E-state index contributed by atoms with van der Waals surface area (Å²) in [6.07, 6.45) is 0. The maximum absolute atomic E-state index is 13.0. The molecule has 31 heavy (non-hydrogen) atoms. The number of aryl methyl sites for hydroxylation is 1. The molecule has 9 nitrogen and oxygen atoms in total. The van der Waals surface area contributed by atoms with E-state index in [1.165, 1.54) is 12.1 Å². The van der Waals surface area contributed by atoms with Gasteiger partial charge in [-0.05, 0) is 37.3 Å². The second-order valence-corrected chi connectivity index (χ2v) is 7.84. The normalized spacial score (nSPS) is 14.0. The summed E-state index contributed by atoms with van der Waals surface area (Å²) in [5.41, 5.74) is 2.99. The van der Waals surface area contributed by atoms with Crippen LogP contribution in [0, 0.1) is 21.8 Å². The zero-order valence-electron chi connectivity index (χ0n) is 17.0. The number of non-ortho nitro benzene ring substituents is 1. The predicted molar refractivity (Wildman–Crippen MR) is 119 cm³/mol. The van der Waals surface area contributed by atoms with Crippen molar-refractivity contribution in [3.05, 3.63) is 69.0 Å². The Hall–Kier alpha value is -3.53. The highest BCUT2D eigenvalue weighted by Crippen LogP contribution is 2.22. The van der Waals surface area contributed by atoms with Crippen molar-refractivity contribution in [3.63, 3.8) is 0 Å². The van der Waals surface area contributed by atoms with Gasteiger partial charge in [-0.1, -0.05) is 23.8 Å². The van der Waals surface area contributed by atoms with Crippen LogP contribution in [0.4, 0.5) is 11.4 Å². The Balaban J connectivity index is 1.42. The number of nitro groups is 1. The van der Waals surface area contributed by atoms with Gasteiger partial charge in [-0.2, -0.15) is 5.10 Å². The van der Waals surface area contributed by atoms with Crippen LogP contribution in [0.25, 0.3) is 11.4 Å². The van der Waals surface area contributed by atoms with Crippen molar-refractivity contribution in [2.45, 2.75) is 13.5 Å². The molecule has 3 aromatic rings. The lowest BCUT2D eigenvalue weighted by Crippen LogP contribution is -2.49. The summed E-state index contributed by atoms with van der Waals surface area (Å²) >= 11 is 5.35. The van der Waals surface area contributed by atoms with Crippen LogP contribution in [0.15, 0.2) is 48.5 Å². The number of nitrogens with one attached hydrogen (secondary N) is 1. The van der Waals surface area contributed by atoms with Gasteiger partial charge in [0.25, 0.3) is 5.69 Å². The van der Waals surface area contributed by atoms with E-state index in [1.54, 1.807) is 16.7 Å². The fourth-order valence-electron chi connectivity index (χ4n) is 3.70. The molecule has 160 valence electrons. The molecule has 10 heteroatoms. The summed E-state index contributed by atoms with van der Waals surface area (Å²) < 4.78 is 2.14. The number of nitro benzene ring substituents is 1. The first-order valence-corrected chi connectivity index (χ1v) is 10.3. The van der Waals surface area contributed by atoms with Crippen LogP contribution in [0.3, 0.4) is 0 Å². The topological polar surface area (TPSA) is 100 Å². The number of carbonyl (C=O) groups excluding carboxylic acids is 1. The van der Waals surface area contributed by atoms with Crippen LogP contribution in [-0.4, -0.2) is 56.7 Å². The highest BCUT2D eigenvalue weighted by molar-refractivity contribution is 7.71. The van der Waals surface area contributed by atoms with Crippen molar-refractivity contribution in [2.24, 2.45) is 0 Å². The van der Waals surface area contributed by atoms with Crippen molar-refractivity contribution in [1.29, 1.82) is 0 Å². The van der Waals surface area contributed by atoms with Crippen molar-refractivity contribution in [2.75, 3.05) is 31.1 Å². The first-order chi connectivity index (χ1) is 14.9. The highest BCUT2D eigenvalue weighted by atomic mass is 32.1. The Kier molecular flexibility index (Phi) is 5.81. The van der Waals surface area contributed by atoms with E-state index in [2.05, 4.69) is 15.1 Å². The van der Waals surface area contributed by atoms with Crippen molar-refractivity contribution in [1.82, 2.24) is 19.7 Å². The van der Waals surface area contributed by atoms with E-state index in [0.29, 0.717) is 36.8 Å². The minimum Gasteiger partial charge on any atom is -0.368 e. The molecule has 2 aromatic carbocycles. The molecule has 0 radical (unpaired) electrons. The van der Waals surface area contributed by atoms with E-state index in [9.17, 15) is 14.9 Å². The van der Waals surface area contributed by atoms with E-state index in [-0.39, 0.29) is 18.1 Å². The molecule has 1 aliphatic rings. The average Bonchev–Trinajstić information content (AvgIpc) is 3.14. The number of carbonyl (C=O) groups is 1. The Labute approximate surface area is 184 Å². The molecule has 1 N–H and O–H groups in total.